The number of carbonyl (C=O) groups excluding carboxylic acids is 2. The molecule has 1 unspecified atom stereocenters. The van der Waals surface area contributed by atoms with Crippen LogP contribution in [0, 0.1) is 5.92 Å². The first-order valence-corrected chi connectivity index (χ1v) is 12.4. The molecule has 1 N–H and O–H groups in total. The lowest BCUT2D eigenvalue weighted by Gasteiger charge is -2.37. The molecule has 2 aromatic rings. The fraction of sp³-hybridized carbons (Fsp3) is 0.520. The maximum absolute atomic E-state index is 13.1. The van der Waals surface area contributed by atoms with E-state index in [1.807, 2.05) is 47.4 Å². The second kappa shape index (κ2) is 10.6. The summed E-state index contributed by atoms with van der Waals surface area (Å²) in [5.74, 6) is 1.49. The average molecular weight is 480 g/mol. The lowest BCUT2D eigenvalue weighted by atomic mass is 10.1. The van der Waals surface area contributed by atoms with Crippen LogP contribution in [0.2, 0.25) is 0 Å². The van der Waals surface area contributed by atoms with Crippen molar-refractivity contribution in [2.75, 3.05) is 86.8 Å². The molecule has 5 rings (SSSR count). The highest BCUT2D eigenvalue weighted by molar-refractivity contribution is 6.00. The third kappa shape index (κ3) is 5.23. The van der Waals surface area contributed by atoms with Gasteiger partial charge in [-0.3, -0.25) is 14.5 Å². The zero-order chi connectivity index (χ0) is 24.2. The number of β-amino-alcohol motifs (C(OH)–C–C–N with tert-alkyl or cyclic N) is 1. The molecule has 2 amide bonds. The number of piperazine rings is 2. The molecule has 0 spiro atoms. The molecule has 0 bridgehead atoms. The standard InChI is InChI=1S/C25H33N7O3/c33-17-16-28-8-10-29(11-9-28)22-6-7-23(27-26-22)30-12-14-31(15-13-30)25(35)20-18-24(34)32(19-20)21-4-2-1-3-5-21/h1-7,20,33H,8-19H2. The van der Waals surface area contributed by atoms with Gasteiger partial charge in [-0.15, -0.1) is 10.2 Å². The highest BCUT2D eigenvalue weighted by atomic mass is 16.3. The minimum absolute atomic E-state index is 0.0124. The zero-order valence-corrected chi connectivity index (χ0v) is 20.0. The third-order valence-electron chi connectivity index (χ3n) is 7.21. The highest BCUT2D eigenvalue weighted by Crippen LogP contribution is 2.27. The van der Waals surface area contributed by atoms with Crippen molar-refractivity contribution in [3.63, 3.8) is 0 Å². The van der Waals surface area contributed by atoms with Crippen LogP contribution in [0.3, 0.4) is 0 Å². The van der Waals surface area contributed by atoms with E-state index >= 15 is 0 Å². The van der Waals surface area contributed by atoms with Gasteiger partial charge in [-0.25, -0.2) is 0 Å². The molecule has 4 heterocycles. The van der Waals surface area contributed by atoms with Crippen LogP contribution in [0.5, 0.6) is 0 Å². The Bertz CT molecular complexity index is 1000. The predicted octanol–water partition coefficient (Wildman–Crippen LogP) is 0.293. The van der Waals surface area contributed by atoms with E-state index in [9.17, 15) is 9.59 Å². The first kappa shape index (κ1) is 23.5. The van der Waals surface area contributed by atoms with Gasteiger partial charge in [0.2, 0.25) is 11.8 Å². The molecule has 1 aromatic heterocycles. The van der Waals surface area contributed by atoms with Gasteiger partial charge in [-0.1, -0.05) is 18.2 Å². The number of amides is 2. The minimum atomic E-state index is -0.286. The number of nitrogens with zero attached hydrogens (tertiary/aromatic N) is 7. The molecule has 10 nitrogen and oxygen atoms in total. The molecular weight excluding hydrogens is 446 g/mol. The summed E-state index contributed by atoms with van der Waals surface area (Å²) >= 11 is 0. The van der Waals surface area contributed by atoms with Crippen molar-refractivity contribution in [2.24, 2.45) is 5.92 Å². The summed E-state index contributed by atoms with van der Waals surface area (Å²) in [6, 6.07) is 13.6. The molecule has 0 saturated carbocycles. The van der Waals surface area contributed by atoms with Gasteiger partial charge >= 0.3 is 0 Å². The van der Waals surface area contributed by atoms with Crippen LogP contribution in [0.1, 0.15) is 6.42 Å². The Hall–Kier alpha value is -3.24. The second-order valence-corrected chi connectivity index (χ2v) is 9.36. The van der Waals surface area contributed by atoms with E-state index in [4.69, 9.17) is 5.11 Å². The lowest BCUT2D eigenvalue weighted by Crippen LogP contribution is -2.51. The molecule has 1 aromatic carbocycles. The van der Waals surface area contributed by atoms with Crippen molar-refractivity contribution in [1.82, 2.24) is 20.0 Å². The third-order valence-corrected chi connectivity index (χ3v) is 7.21. The van der Waals surface area contributed by atoms with Crippen LogP contribution in [0.4, 0.5) is 17.3 Å². The van der Waals surface area contributed by atoms with Crippen molar-refractivity contribution >= 4 is 29.1 Å². The summed E-state index contributed by atoms with van der Waals surface area (Å²) in [5.41, 5.74) is 0.853. The van der Waals surface area contributed by atoms with Crippen LogP contribution in [-0.2, 0) is 9.59 Å². The maximum Gasteiger partial charge on any atom is 0.228 e. The molecule has 0 aliphatic carbocycles. The van der Waals surface area contributed by atoms with Gasteiger partial charge in [-0.2, -0.15) is 0 Å². The summed E-state index contributed by atoms with van der Waals surface area (Å²) in [5, 5.41) is 18.0. The van der Waals surface area contributed by atoms with Gasteiger partial charge in [0.05, 0.1) is 12.5 Å². The van der Waals surface area contributed by atoms with Crippen molar-refractivity contribution in [3.05, 3.63) is 42.5 Å². The fourth-order valence-corrected chi connectivity index (χ4v) is 5.14. The normalized spacial score (nSPS) is 21.6. The van der Waals surface area contributed by atoms with Crippen LogP contribution in [0.25, 0.3) is 0 Å². The number of hydrogen-bond acceptors (Lipinski definition) is 8. The topological polar surface area (TPSA) is 96.4 Å². The quantitative estimate of drug-likeness (QED) is 0.632. The number of aliphatic hydroxyl groups is 1. The monoisotopic (exact) mass is 479 g/mol. The van der Waals surface area contributed by atoms with E-state index in [-0.39, 0.29) is 30.8 Å². The highest BCUT2D eigenvalue weighted by Gasteiger charge is 2.38. The van der Waals surface area contributed by atoms with Crippen LogP contribution in [0.15, 0.2) is 42.5 Å². The number of aromatic nitrogens is 2. The number of benzene rings is 1. The molecule has 3 saturated heterocycles. The Kier molecular flexibility index (Phi) is 7.10. The number of para-hydroxylation sites is 1. The zero-order valence-electron chi connectivity index (χ0n) is 20.0. The van der Waals surface area contributed by atoms with E-state index in [2.05, 4.69) is 24.9 Å². The summed E-state index contributed by atoms with van der Waals surface area (Å²) < 4.78 is 0. The average Bonchev–Trinajstić information content (AvgIpc) is 3.31. The second-order valence-electron chi connectivity index (χ2n) is 9.36. The Morgan fingerprint density at radius 3 is 2.03 bits per heavy atom. The number of aliphatic hydroxyl groups excluding tert-OH is 1. The van der Waals surface area contributed by atoms with Gasteiger partial charge in [0, 0.05) is 77.6 Å². The smallest absolute Gasteiger partial charge is 0.228 e. The molecule has 0 radical (unpaired) electrons. The van der Waals surface area contributed by atoms with Crippen molar-refractivity contribution < 1.29 is 14.7 Å². The predicted molar refractivity (Wildman–Crippen MR) is 133 cm³/mol. The van der Waals surface area contributed by atoms with E-state index in [0.29, 0.717) is 32.7 Å². The summed E-state index contributed by atoms with van der Waals surface area (Å²) in [6.07, 6.45) is 0.273. The van der Waals surface area contributed by atoms with Crippen molar-refractivity contribution in [1.29, 1.82) is 0 Å². The Balaban J connectivity index is 1.12. The number of carbonyl (C=O) groups is 2. The summed E-state index contributed by atoms with van der Waals surface area (Å²) in [7, 11) is 0. The molecular formula is C25H33N7O3. The van der Waals surface area contributed by atoms with Crippen LogP contribution < -0.4 is 14.7 Å². The van der Waals surface area contributed by atoms with Crippen molar-refractivity contribution in [3.8, 4) is 0 Å². The van der Waals surface area contributed by atoms with Crippen LogP contribution in [-0.4, -0.2) is 109 Å². The first-order valence-electron chi connectivity index (χ1n) is 12.4. The van der Waals surface area contributed by atoms with Crippen molar-refractivity contribution in [2.45, 2.75) is 6.42 Å². The Morgan fingerprint density at radius 1 is 0.857 bits per heavy atom. The first-order chi connectivity index (χ1) is 17.1. The molecule has 186 valence electrons. The van der Waals surface area contributed by atoms with Gasteiger partial charge < -0.3 is 24.7 Å². The van der Waals surface area contributed by atoms with Gasteiger partial charge in [-0.05, 0) is 24.3 Å². The van der Waals surface area contributed by atoms with Gasteiger partial charge in [0.25, 0.3) is 0 Å². The molecule has 3 fully saturated rings. The van der Waals surface area contributed by atoms with Crippen LogP contribution >= 0.6 is 0 Å². The Morgan fingerprint density at radius 2 is 1.46 bits per heavy atom. The number of rotatable bonds is 6. The van der Waals surface area contributed by atoms with E-state index in [1.54, 1.807) is 4.90 Å². The number of anilines is 3. The maximum atomic E-state index is 13.1. The lowest BCUT2D eigenvalue weighted by molar-refractivity contribution is -0.136. The molecule has 3 aliphatic rings. The molecule has 35 heavy (non-hydrogen) atoms. The molecule has 1 atom stereocenters. The molecule has 10 heteroatoms. The Labute approximate surface area is 205 Å². The molecule has 3 aliphatic heterocycles. The summed E-state index contributed by atoms with van der Waals surface area (Å²) in [6.45, 7) is 7.56. The minimum Gasteiger partial charge on any atom is -0.395 e. The van der Waals surface area contributed by atoms with E-state index in [1.165, 1.54) is 0 Å². The largest absolute Gasteiger partial charge is 0.395 e. The summed E-state index contributed by atoms with van der Waals surface area (Å²) in [4.78, 5) is 35.9. The van der Waals surface area contributed by atoms with E-state index in [0.717, 1.165) is 50.0 Å². The van der Waals surface area contributed by atoms with Gasteiger partial charge in [0.15, 0.2) is 11.6 Å². The van der Waals surface area contributed by atoms with Gasteiger partial charge in [0.1, 0.15) is 0 Å². The number of hydrogen-bond donors (Lipinski definition) is 1. The SMILES string of the molecule is O=C(C1CC(=O)N(c2ccccc2)C1)N1CCN(c2ccc(N3CCN(CCO)CC3)nn2)CC1. The fourth-order valence-electron chi connectivity index (χ4n) is 5.14. The van der Waals surface area contributed by atoms with E-state index < -0.39 is 0 Å².